The van der Waals surface area contributed by atoms with E-state index in [4.69, 9.17) is 21.6 Å². The zero-order valence-electron chi connectivity index (χ0n) is 32.7. The molecule has 2 aromatic heterocycles. The molecule has 3 aliphatic heterocycles. The van der Waals surface area contributed by atoms with Gasteiger partial charge in [-0.25, -0.2) is 4.79 Å². The van der Waals surface area contributed by atoms with Crippen molar-refractivity contribution in [2.75, 3.05) is 49.1 Å². The fourth-order valence-corrected chi connectivity index (χ4v) is 9.19. The van der Waals surface area contributed by atoms with E-state index in [1.54, 1.807) is 29.2 Å². The summed E-state index contributed by atoms with van der Waals surface area (Å²) in [6.07, 6.45) is 11.5. The Morgan fingerprint density at radius 2 is 1.69 bits per heavy atom. The van der Waals surface area contributed by atoms with Crippen molar-refractivity contribution >= 4 is 64.3 Å². The number of benzene rings is 2. The highest BCUT2D eigenvalue weighted by atomic mass is 35.5. The normalized spacial score (nSPS) is 21.0. The molecule has 5 heterocycles. The Morgan fingerprint density at radius 3 is 2.40 bits per heavy atom. The van der Waals surface area contributed by atoms with E-state index in [9.17, 15) is 14.4 Å². The molecule has 3 saturated heterocycles. The summed E-state index contributed by atoms with van der Waals surface area (Å²) in [5.74, 6) is 2.43. The summed E-state index contributed by atoms with van der Waals surface area (Å²) in [7, 11) is 0. The highest BCUT2D eigenvalue weighted by Gasteiger charge is 2.29. The van der Waals surface area contributed by atoms with Crippen molar-refractivity contribution in [2.45, 2.75) is 82.9 Å². The number of fused-ring (bicyclic) bond motifs is 1. The topological polar surface area (TPSA) is 149 Å². The van der Waals surface area contributed by atoms with Crippen molar-refractivity contribution in [1.29, 1.82) is 5.26 Å². The number of urea groups is 1. The van der Waals surface area contributed by atoms with E-state index in [-0.39, 0.29) is 42.4 Å². The van der Waals surface area contributed by atoms with Gasteiger partial charge in [-0.3, -0.25) is 19.8 Å². The summed E-state index contributed by atoms with van der Waals surface area (Å²) in [5.41, 5.74) is 2.74. The number of carbonyl (C=O) groups is 3. The standard InChI is InChI=1S/C43H50ClN9O4.ClH/c44-36-26-34(7-4-31(36)27-45)57-33-8-5-32(6-9-33)46-42(55)37-10-11-40(49-48-37)52-22-15-30(16-23-52)28-50-19-12-29(13-20-50)14-21-51-24-17-35-38(51)2-1-3-39(35)53-25-18-41(54)47-43(53)56;/h1-4,7,10-11,17,24,26,29-30,32-33H,5-6,8-9,12-16,18-23,25,28H2,(H,46,55)(H,47,54,56);1H. The maximum Gasteiger partial charge on any atom is 0.328 e. The number of anilines is 2. The number of piperidine rings is 2. The van der Waals surface area contributed by atoms with Crippen LogP contribution in [0.1, 0.15) is 80.3 Å². The van der Waals surface area contributed by atoms with E-state index in [1.807, 2.05) is 18.2 Å². The number of aryl methyl sites for hydroxylation is 1. The third-order valence-corrected chi connectivity index (χ3v) is 12.6. The van der Waals surface area contributed by atoms with E-state index in [1.165, 1.54) is 12.8 Å². The smallest absolute Gasteiger partial charge is 0.328 e. The van der Waals surface area contributed by atoms with E-state index in [2.05, 4.69) is 59.6 Å². The highest BCUT2D eigenvalue weighted by molar-refractivity contribution is 6.31. The largest absolute Gasteiger partial charge is 0.490 e. The lowest BCUT2D eigenvalue weighted by molar-refractivity contribution is -0.120. The monoisotopic (exact) mass is 827 g/mol. The first-order chi connectivity index (χ1) is 27.8. The molecule has 1 aliphatic carbocycles. The molecule has 4 fully saturated rings. The Labute approximate surface area is 350 Å². The molecule has 306 valence electrons. The minimum Gasteiger partial charge on any atom is -0.490 e. The third kappa shape index (κ3) is 9.68. The minimum absolute atomic E-state index is 0. The van der Waals surface area contributed by atoms with E-state index in [0.29, 0.717) is 46.8 Å². The molecule has 8 rings (SSSR count). The molecule has 0 bridgehead atoms. The second kappa shape index (κ2) is 18.8. The molecule has 1 saturated carbocycles. The van der Waals surface area contributed by atoms with Crippen LogP contribution in [0.25, 0.3) is 10.9 Å². The van der Waals surface area contributed by atoms with Crippen LogP contribution < -0.4 is 25.2 Å². The Morgan fingerprint density at radius 1 is 0.914 bits per heavy atom. The van der Waals surface area contributed by atoms with Gasteiger partial charge in [0.2, 0.25) is 5.91 Å². The Bertz CT molecular complexity index is 2120. The molecule has 0 radical (unpaired) electrons. The van der Waals surface area contributed by atoms with Crippen molar-refractivity contribution in [2.24, 2.45) is 11.8 Å². The number of hydrogen-bond acceptors (Lipinski definition) is 9. The molecule has 0 atom stereocenters. The number of nitriles is 1. The maximum atomic E-state index is 13.0. The number of ether oxygens (including phenoxy) is 1. The van der Waals surface area contributed by atoms with Gasteiger partial charge in [0.25, 0.3) is 5.91 Å². The Hall–Kier alpha value is -4.90. The molecule has 0 spiro atoms. The van der Waals surface area contributed by atoms with Crippen LogP contribution >= 0.6 is 24.0 Å². The molecule has 15 heteroatoms. The van der Waals surface area contributed by atoms with Gasteiger partial charge < -0.3 is 24.4 Å². The quantitative estimate of drug-likeness (QED) is 0.164. The molecule has 0 unspecified atom stereocenters. The van der Waals surface area contributed by atoms with Gasteiger partial charge in [-0.1, -0.05) is 17.7 Å². The lowest BCUT2D eigenvalue weighted by Gasteiger charge is -2.38. The number of nitrogens with zero attached hydrogens (tertiary/aromatic N) is 7. The number of hydrogen-bond donors (Lipinski definition) is 2. The lowest BCUT2D eigenvalue weighted by Crippen LogP contribution is -2.49. The van der Waals surface area contributed by atoms with Gasteiger partial charge >= 0.3 is 6.03 Å². The van der Waals surface area contributed by atoms with Crippen molar-refractivity contribution in [1.82, 2.24) is 30.3 Å². The summed E-state index contributed by atoms with van der Waals surface area (Å²) < 4.78 is 8.40. The fourth-order valence-electron chi connectivity index (χ4n) is 8.97. The molecular weight excluding hydrogens is 777 g/mol. The fraction of sp³-hybridized carbons (Fsp3) is 0.488. The Balaban J connectivity index is 0.00000512. The molecule has 58 heavy (non-hydrogen) atoms. The first kappa shape index (κ1) is 41.3. The number of likely N-dealkylation sites (tertiary alicyclic amines) is 1. The van der Waals surface area contributed by atoms with Gasteiger partial charge in [-0.15, -0.1) is 22.6 Å². The Kier molecular flexibility index (Phi) is 13.4. The van der Waals surface area contributed by atoms with Crippen LogP contribution in [-0.4, -0.2) is 88.9 Å². The summed E-state index contributed by atoms with van der Waals surface area (Å²) in [6.45, 7) is 6.65. The van der Waals surface area contributed by atoms with Gasteiger partial charge in [0.15, 0.2) is 11.5 Å². The summed E-state index contributed by atoms with van der Waals surface area (Å²) in [4.78, 5) is 43.8. The number of aromatic nitrogens is 3. The molecular formula is C43H51Cl2N9O4. The van der Waals surface area contributed by atoms with Crippen LogP contribution in [0, 0.1) is 23.2 Å². The van der Waals surface area contributed by atoms with Crippen LogP contribution in [0.3, 0.4) is 0 Å². The molecule has 4 amide bonds. The summed E-state index contributed by atoms with van der Waals surface area (Å²) in [5, 5.41) is 24.8. The second-order valence-corrected chi connectivity index (χ2v) is 16.4. The summed E-state index contributed by atoms with van der Waals surface area (Å²) in [6, 6.07) is 18.8. The molecule has 13 nitrogen and oxygen atoms in total. The van der Waals surface area contributed by atoms with Crippen LogP contribution in [0.4, 0.5) is 16.3 Å². The average molecular weight is 829 g/mol. The molecule has 2 N–H and O–H groups in total. The molecule has 4 aromatic rings. The lowest BCUT2D eigenvalue weighted by atomic mass is 9.91. The van der Waals surface area contributed by atoms with Gasteiger partial charge in [-0.05, 0) is 125 Å². The number of carbonyl (C=O) groups excluding carboxylic acids is 3. The summed E-state index contributed by atoms with van der Waals surface area (Å²) >= 11 is 6.15. The van der Waals surface area contributed by atoms with Gasteiger partial charge in [0.1, 0.15) is 11.8 Å². The minimum atomic E-state index is -0.349. The van der Waals surface area contributed by atoms with Crippen molar-refractivity contribution in [3.8, 4) is 11.8 Å². The van der Waals surface area contributed by atoms with Gasteiger partial charge in [0, 0.05) is 62.8 Å². The number of nitrogens with one attached hydrogen (secondary N) is 2. The van der Waals surface area contributed by atoms with Crippen molar-refractivity contribution in [3.63, 3.8) is 0 Å². The van der Waals surface area contributed by atoms with E-state index < -0.39 is 0 Å². The number of imide groups is 1. The SMILES string of the molecule is Cl.N#Cc1ccc(OC2CCC(NC(=O)c3ccc(N4CCC(CN5CCC(CCn6ccc7c(N8CCC(=O)NC8=O)cccc76)CC5)CC4)nn3)CC2)cc1Cl. The van der Waals surface area contributed by atoms with Crippen LogP contribution in [0.15, 0.2) is 60.8 Å². The van der Waals surface area contributed by atoms with Crippen LogP contribution in [0.5, 0.6) is 5.75 Å². The average Bonchev–Trinajstić information content (AvgIpc) is 3.65. The van der Waals surface area contributed by atoms with Crippen molar-refractivity contribution in [3.05, 3.63) is 77.1 Å². The maximum absolute atomic E-state index is 13.0. The molecule has 4 aliphatic rings. The number of amides is 4. The van der Waals surface area contributed by atoms with E-state index >= 15 is 0 Å². The number of halogens is 2. The van der Waals surface area contributed by atoms with Gasteiger partial charge in [0.05, 0.1) is 27.9 Å². The van der Waals surface area contributed by atoms with Crippen molar-refractivity contribution < 1.29 is 19.1 Å². The predicted octanol–water partition coefficient (Wildman–Crippen LogP) is 6.96. The number of rotatable bonds is 11. The predicted molar refractivity (Wildman–Crippen MR) is 226 cm³/mol. The van der Waals surface area contributed by atoms with E-state index in [0.717, 1.165) is 107 Å². The van der Waals surface area contributed by atoms with Crippen LogP contribution in [0.2, 0.25) is 5.02 Å². The second-order valence-electron chi connectivity index (χ2n) is 16.0. The zero-order chi connectivity index (χ0) is 39.3. The third-order valence-electron chi connectivity index (χ3n) is 12.3. The zero-order valence-corrected chi connectivity index (χ0v) is 34.2. The van der Waals surface area contributed by atoms with Gasteiger partial charge in [-0.2, -0.15) is 5.26 Å². The first-order valence-corrected chi connectivity index (χ1v) is 20.8. The van der Waals surface area contributed by atoms with Crippen LogP contribution in [-0.2, 0) is 11.3 Å². The first-order valence-electron chi connectivity index (χ1n) is 20.5. The highest BCUT2D eigenvalue weighted by Crippen LogP contribution is 2.32. The molecule has 2 aromatic carbocycles.